The Bertz CT molecular complexity index is 548. The molecule has 0 aromatic heterocycles. The van der Waals surface area contributed by atoms with Gasteiger partial charge in [-0.15, -0.1) is 0 Å². The Hall–Kier alpha value is -1.59. The second-order valence-electron chi connectivity index (χ2n) is 6.98. The summed E-state index contributed by atoms with van der Waals surface area (Å²) in [5.74, 6) is 0.954. The minimum atomic E-state index is 0.585. The molecule has 0 radical (unpaired) electrons. The molecule has 25 heavy (non-hydrogen) atoms. The summed E-state index contributed by atoms with van der Waals surface area (Å²) < 4.78 is 5.46. The van der Waals surface area contributed by atoms with Gasteiger partial charge in [-0.1, -0.05) is 37.1 Å². The molecule has 0 bridgehead atoms. The first-order chi connectivity index (χ1) is 12.3. The molecule has 5 heteroatoms. The van der Waals surface area contributed by atoms with Crippen molar-refractivity contribution in [3.05, 3.63) is 35.4 Å². The number of hydrogen-bond acceptors (Lipinski definition) is 3. The molecule has 0 unspecified atom stereocenters. The smallest absolute Gasteiger partial charge is 0.191 e. The fourth-order valence-electron chi connectivity index (χ4n) is 3.61. The van der Waals surface area contributed by atoms with Gasteiger partial charge in [-0.2, -0.15) is 0 Å². The Morgan fingerprint density at radius 2 is 1.88 bits per heavy atom. The van der Waals surface area contributed by atoms with Gasteiger partial charge in [0.1, 0.15) is 0 Å². The first-order valence-electron chi connectivity index (χ1n) is 9.77. The third-order valence-corrected chi connectivity index (χ3v) is 5.06. The standard InChI is InChI=1S/C20H32N4O/c1-2-21-20(23-19-9-5-6-10-19)22-15-17-7-3-4-8-18(17)16-24-11-13-25-14-12-24/h3-4,7-8,19H,2,5-6,9-16H2,1H3,(H2,21,22,23). The highest BCUT2D eigenvalue weighted by Gasteiger charge is 2.16. The summed E-state index contributed by atoms with van der Waals surface area (Å²) in [7, 11) is 0. The second-order valence-corrected chi connectivity index (χ2v) is 6.98. The van der Waals surface area contributed by atoms with Crippen LogP contribution in [0.4, 0.5) is 0 Å². The van der Waals surface area contributed by atoms with Crippen molar-refractivity contribution in [3.63, 3.8) is 0 Å². The van der Waals surface area contributed by atoms with Crippen molar-refractivity contribution in [1.29, 1.82) is 0 Å². The van der Waals surface area contributed by atoms with Gasteiger partial charge in [0.25, 0.3) is 0 Å². The molecular weight excluding hydrogens is 312 g/mol. The number of benzene rings is 1. The van der Waals surface area contributed by atoms with Gasteiger partial charge in [0.15, 0.2) is 5.96 Å². The first kappa shape index (κ1) is 18.2. The molecule has 1 aromatic carbocycles. The summed E-state index contributed by atoms with van der Waals surface area (Å²) in [6, 6.07) is 9.27. The number of guanidine groups is 1. The number of aliphatic imine (C=N–C) groups is 1. The Morgan fingerprint density at radius 1 is 1.16 bits per heavy atom. The molecule has 1 saturated carbocycles. The molecule has 1 aliphatic carbocycles. The Morgan fingerprint density at radius 3 is 2.60 bits per heavy atom. The molecular formula is C20H32N4O. The highest BCUT2D eigenvalue weighted by atomic mass is 16.5. The zero-order valence-electron chi connectivity index (χ0n) is 15.5. The largest absolute Gasteiger partial charge is 0.379 e. The molecule has 0 amide bonds. The molecule has 0 spiro atoms. The van der Waals surface area contributed by atoms with E-state index in [9.17, 15) is 0 Å². The zero-order valence-corrected chi connectivity index (χ0v) is 15.5. The third kappa shape index (κ3) is 5.72. The fourth-order valence-corrected chi connectivity index (χ4v) is 3.61. The van der Waals surface area contributed by atoms with Crippen molar-refractivity contribution in [2.45, 2.75) is 51.7 Å². The maximum atomic E-state index is 5.46. The summed E-state index contributed by atoms with van der Waals surface area (Å²) in [6.07, 6.45) is 5.19. The van der Waals surface area contributed by atoms with Gasteiger partial charge >= 0.3 is 0 Å². The van der Waals surface area contributed by atoms with Gasteiger partial charge in [0.05, 0.1) is 19.8 Å². The van der Waals surface area contributed by atoms with Crippen LogP contribution in [0.15, 0.2) is 29.3 Å². The van der Waals surface area contributed by atoms with Gasteiger partial charge in [-0.05, 0) is 30.9 Å². The number of morpholine rings is 1. The Labute approximate surface area is 151 Å². The quantitative estimate of drug-likeness (QED) is 0.615. The van der Waals surface area contributed by atoms with Gasteiger partial charge in [0, 0.05) is 32.2 Å². The van der Waals surface area contributed by atoms with Crippen molar-refractivity contribution in [2.75, 3.05) is 32.8 Å². The second kappa shape index (κ2) is 9.78. The summed E-state index contributed by atoms with van der Waals surface area (Å²) in [4.78, 5) is 7.32. The van der Waals surface area contributed by atoms with Crippen molar-refractivity contribution in [3.8, 4) is 0 Å². The maximum Gasteiger partial charge on any atom is 0.191 e. The van der Waals surface area contributed by atoms with Crippen LogP contribution in [-0.2, 0) is 17.8 Å². The van der Waals surface area contributed by atoms with Crippen molar-refractivity contribution >= 4 is 5.96 Å². The molecule has 1 aromatic rings. The van der Waals surface area contributed by atoms with Crippen LogP contribution in [0, 0.1) is 0 Å². The minimum Gasteiger partial charge on any atom is -0.379 e. The lowest BCUT2D eigenvalue weighted by Crippen LogP contribution is -2.42. The van der Waals surface area contributed by atoms with E-state index < -0.39 is 0 Å². The molecule has 138 valence electrons. The molecule has 5 nitrogen and oxygen atoms in total. The third-order valence-electron chi connectivity index (χ3n) is 5.06. The average molecular weight is 345 g/mol. The highest BCUT2D eigenvalue weighted by molar-refractivity contribution is 5.80. The highest BCUT2D eigenvalue weighted by Crippen LogP contribution is 2.18. The zero-order chi connectivity index (χ0) is 17.3. The molecule has 0 atom stereocenters. The predicted molar refractivity (Wildman–Crippen MR) is 103 cm³/mol. The molecule has 1 aliphatic heterocycles. The molecule has 3 rings (SSSR count). The fraction of sp³-hybridized carbons (Fsp3) is 0.650. The van der Waals surface area contributed by atoms with Gasteiger partial charge in [-0.25, -0.2) is 4.99 Å². The molecule has 2 N–H and O–H groups in total. The van der Waals surface area contributed by atoms with E-state index in [4.69, 9.17) is 9.73 Å². The predicted octanol–water partition coefficient (Wildman–Crippen LogP) is 2.52. The maximum absolute atomic E-state index is 5.46. The van der Waals surface area contributed by atoms with E-state index in [0.717, 1.165) is 51.9 Å². The minimum absolute atomic E-state index is 0.585. The van der Waals surface area contributed by atoms with Crippen LogP contribution in [0.25, 0.3) is 0 Å². The summed E-state index contributed by atoms with van der Waals surface area (Å²) in [6.45, 7) is 8.45. The topological polar surface area (TPSA) is 48.9 Å². The number of ether oxygens (including phenoxy) is 1. The summed E-state index contributed by atoms with van der Waals surface area (Å²) in [5, 5.41) is 6.99. The summed E-state index contributed by atoms with van der Waals surface area (Å²) in [5.41, 5.74) is 2.70. The lowest BCUT2D eigenvalue weighted by atomic mass is 10.1. The van der Waals surface area contributed by atoms with Crippen LogP contribution in [0.5, 0.6) is 0 Å². The Balaban J connectivity index is 1.63. The van der Waals surface area contributed by atoms with Crippen LogP contribution < -0.4 is 10.6 Å². The van der Waals surface area contributed by atoms with E-state index >= 15 is 0 Å². The lowest BCUT2D eigenvalue weighted by molar-refractivity contribution is 0.0341. The number of rotatable bonds is 6. The van der Waals surface area contributed by atoms with Crippen LogP contribution in [-0.4, -0.2) is 49.7 Å². The first-order valence-corrected chi connectivity index (χ1v) is 9.77. The monoisotopic (exact) mass is 344 g/mol. The van der Waals surface area contributed by atoms with E-state index in [0.29, 0.717) is 6.04 Å². The van der Waals surface area contributed by atoms with Gasteiger partial charge in [0.2, 0.25) is 0 Å². The number of nitrogens with one attached hydrogen (secondary N) is 2. The van der Waals surface area contributed by atoms with Crippen LogP contribution >= 0.6 is 0 Å². The van der Waals surface area contributed by atoms with E-state index in [1.807, 2.05) is 0 Å². The average Bonchev–Trinajstić information content (AvgIpc) is 3.15. The van der Waals surface area contributed by atoms with Crippen LogP contribution in [0.1, 0.15) is 43.7 Å². The summed E-state index contributed by atoms with van der Waals surface area (Å²) >= 11 is 0. The van der Waals surface area contributed by atoms with Gasteiger partial charge in [-0.3, -0.25) is 4.90 Å². The Kier molecular flexibility index (Phi) is 7.12. The van der Waals surface area contributed by atoms with Gasteiger partial charge < -0.3 is 15.4 Å². The molecule has 2 aliphatic rings. The van der Waals surface area contributed by atoms with Crippen LogP contribution in [0.3, 0.4) is 0 Å². The molecule has 1 heterocycles. The van der Waals surface area contributed by atoms with Crippen molar-refractivity contribution < 1.29 is 4.74 Å². The van der Waals surface area contributed by atoms with Crippen molar-refractivity contribution in [1.82, 2.24) is 15.5 Å². The van der Waals surface area contributed by atoms with E-state index in [-0.39, 0.29) is 0 Å². The lowest BCUT2D eigenvalue weighted by Gasteiger charge is -2.27. The number of hydrogen-bond donors (Lipinski definition) is 2. The molecule has 2 fully saturated rings. The SMILES string of the molecule is CCNC(=NCc1ccccc1CN1CCOCC1)NC1CCCC1. The normalized spacial score (nSPS) is 20.0. The van der Waals surface area contributed by atoms with Crippen molar-refractivity contribution in [2.24, 2.45) is 4.99 Å². The molecule has 1 saturated heterocycles. The van der Waals surface area contributed by atoms with E-state index in [1.165, 1.54) is 36.8 Å². The van der Waals surface area contributed by atoms with E-state index in [2.05, 4.69) is 46.7 Å². The number of nitrogens with zero attached hydrogens (tertiary/aromatic N) is 2. The van der Waals surface area contributed by atoms with Crippen LogP contribution in [0.2, 0.25) is 0 Å². The van der Waals surface area contributed by atoms with E-state index in [1.54, 1.807) is 0 Å².